The van der Waals surface area contributed by atoms with Crippen LogP contribution in [0.2, 0.25) is 0 Å². The third-order valence-corrected chi connectivity index (χ3v) is 4.49. The van der Waals surface area contributed by atoms with Crippen LogP contribution in [0.4, 0.5) is 0 Å². The molecule has 0 fully saturated rings. The summed E-state index contributed by atoms with van der Waals surface area (Å²) in [5.41, 5.74) is 3.07. The van der Waals surface area contributed by atoms with Crippen LogP contribution in [0.25, 0.3) is 0 Å². The van der Waals surface area contributed by atoms with E-state index in [1.165, 1.54) is 11.1 Å². The maximum absolute atomic E-state index is 2.25. The summed E-state index contributed by atoms with van der Waals surface area (Å²) < 4.78 is 3.22. The van der Waals surface area contributed by atoms with E-state index in [4.69, 9.17) is 0 Å². The molecular formula is C10H18Se. The van der Waals surface area contributed by atoms with E-state index < -0.39 is 0 Å². The molecule has 1 aromatic heterocycles. The Labute approximate surface area is 76.4 Å². The van der Waals surface area contributed by atoms with Crippen molar-refractivity contribution >= 4 is 14.5 Å². The van der Waals surface area contributed by atoms with Crippen LogP contribution in [-0.4, -0.2) is 14.5 Å². The molecule has 0 unspecified atom stereocenters. The molecule has 0 amide bonds. The second-order valence-electron chi connectivity index (χ2n) is 2.46. The SMILES string of the molecule is CC.Cc1[se]c(C)c(C)c1C. The van der Waals surface area contributed by atoms with Gasteiger partial charge in [-0.25, -0.2) is 0 Å². The van der Waals surface area contributed by atoms with Crippen LogP contribution in [0, 0.1) is 27.7 Å². The van der Waals surface area contributed by atoms with E-state index in [0.717, 1.165) is 0 Å². The van der Waals surface area contributed by atoms with Crippen LogP contribution in [-0.2, 0) is 0 Å². The van der Waals surface area contributed by atoms with E-state index in [9.17, 15) is 0 Å². The zero-order valence-corrected chi connectivity index (χ0v) is 10.1. The third kappa shape index (κ3) is 2.50. The molecule has 0 aromatic carbocycles. The molecule has 0 atom stereocenters. The Morgan fingerprint density at radius 2 is 1.00 bits per heavy atom. The summed E-state index contributed by atoms with van der Waals surface area (Å²) in [4.78, 5) is 0. The average molecular weight is 217 g/mol. The summed E-state index contributed by atoms with van der Waals surface area (Å²) in [6.45, 7) is 12.9. The standard InChI is InChI=1S/C8H12Se.C2H6/c1-5-6(2)8(4)9-7(5)3;1-2/h1-4H3;1-2H3. The van der Waals surface area contributed by atoms with Crippen LogP contribution in [0.3, 0.4) is 0 Å². The van der Waals surface area contributed by atoms with Crippen molar-refractivity contribution in [3.8, 4) is 0 Å². The molecule has 0 radical (unpaired) electrons. The Morgan fingerprint density at radius 3 is 1.09 bits per heavy atom. The first-order chi connectivity index (χ1) is 5.13. The summed E-state index contributed by atoms with van der Waals surface area (Å²) in [7, 11) is 0. The fourth-order valence-corrected chi connectivity index (χ4v) is 3.16. The molecule has 0 aliphatic rings. The van der Waals surface area contributed by atoms with Gasteiger partial charge >= 0.3 is 62.2 Å². The normalized spacial score (nSPS) is 8.91. The Hall–Kier alpha value is -0.000519. The molecule has 0 spiro atoms. The van der Waals surface area contributed by atoms with Gasteiger partial charge in [0.15, 0.2) is 0 Å². The summed E-state index contributed by atoms with van der Waals surface area (Å²) in [5, 5.41) is 0. The molecule has 0 aliphatic heterocycles. The van der Waals surface area contributed by atoms with Gasteiger partial charge in [0.2, 0.25) is 0 Å². The monoisotopic (exact) mass is 218 g/mol. The Balaban J connectivity index is 0.000000461. The van der Waals surface area contributed by atoms with Crippen LogP contribution in [0.5, 0.6) is 0 Å². The number of hydrogen-bond donors (Lipinski definition) is 0. The first kappa shape index (κ1) is 11.0. The molecular weight excluding hydrogens is 199 g/mol. The number of aryl methyl sites for hydroxylation is 2. The van der Waals surface area contributed by atoms with Crippen LogP contribution in [0.15, 0.2) is 0 Å². The predicted molar refractivity (Wildman–Crippen MR) is 53.7 cm³/mol. The van der Waals surface area contributed by atoms with Gasteiger partial charge in [0.05, 0.1) is 0 Å². The van der Waals surface area contributed by atoms with Crippen molar-refractivity contribution in [3.05, 3.63) is 20.0 Å². The van der Waals surface area contributed by atoms with Gasteiger partial charge in [0.1, 0.15) is 0 Å². The summed E-state index contributed by atoms with van der Waals surface area (Å²) in [6, 6.07) is 0. The molecule has 0 saturated heterocycles. The Kier molecular flexibility index (Phi) is 4.79. The average Bonchev–Trinajstić information content (AvgIpc) is 2.22. The zero-order chi connectivity index (χ0) is 9.02. The van der Waals surface area contributed by atoms with Crippen molar-refractivity contribution < 1.29 is 0 Å². The van der Waals surface area contributed by atoms with E-state index in [1.807, 2.05) is 13.8 Å². The minimum atomic E-state index is 0.689. The summed E-state index contributed by atoms with van der Waals surface area (Å²) in [6.07, 6.45) is 0. The molecule has 11 heavy (non-hydrogen) atoms. The fraction of sp³-hybridized carbons (Fsp3) is 0.600. The fourth-order valence-electron chi connectivity index (χ4n) is 0.911. The van der Waals surface area contributed by atoms with Gasteiger partial charge in [-0.05, 0) is 0 Å². The van der Waals surface area contributed by atoms with Crippen molar-refractivity contribution in [2.75, 3.05) is 0 Å². The first-order valence-electron chi connectivity index (χ1n) is 4.16. The van der Waals surface area contributed by atoms with Crippen LogP contribution < -0.4 is 0 Å². The topological polar surface area (TPSA) is 0 Å². The van der Waals surface area contributed by atoms with Crippen molar-refractivity contribution in [1.29, 1.82) is 0 Å². The van der Waals surface area contributed by atoms with Crippen molar-refractivity contribution in [1.82, 2.24) is 0 Å². The van der Waals surface area contributed by atoms with Gasteiger partial charge in [-0.15, -0.1) is 0 Å². The van der Waals surface area contributed by atoms with Gasteiger partial charge in [0.25, 0.3) is 0 Å². The molecule has 1 heteroatoms. The summed E-state index contributed by atoms with van der Waals surface area (Å²) in [5.74, 6) is 0. The molecule has 0 saturated carbocycles. The number of hydrogen-bond acceptors (Lipinski definition) is 0. The van der Waals surface area contributed by atoms with Gasteiger partial charge in [-0.1, -0.05) is 13.8 Å². The van der Waals surface area contributed by atoms with Gasteiger partial charge in [0, 0.05) is 0 Å². The molecule has 1 aromatic rings. The van der Waals surface area contributed by atoms with Crippen molar-refractivity contribution in [2.45, 2.75) is 41.5 Å². The number of rotatable bonds is 0. The molecule has 0 nitrogen and oxygen atoms in total. The van der Waals surface area contributed by atoms with E-state index in [-0.39, 0.29) is 0 Å². The van der Waals surface area contributed by atoms with Gasteiger partial charge in [-0.3, -0.25) is 0 Å². The van der Waals surface area contributed by atoms with Crippen molar-refractivity contribution in [3.63, 3.8) is 0 Å². The quantitative estimate of drug-likeness (QED) is 0.586. The Bertz CT molecular complexity index is 199. The molecule has 1 rings (SSSR count). The molecule has 1 heterocycles. The summed E-state index contributed by atoms with van der Waals surface area (Å²) >= 11 is 0.689. The van der Waals surface area contributed by atoms with Gasteiger partial charge < -0.3 is 0 Å². The zero-order valence-electron chi connectivity index (χ0n) is 8.41. The van der Waals surface area contributed by atoms with Crippen LogP contribution >= 0.6 is 0 Å². The van der Waals surface area contributed by atoms with E-state index in [2.05, 4.69) is 27.7 Å². The Morgan fingerprint density at radius 1 is 0.727 bits per heavy atom. The molecule has 0 bridgehead atoms. The van der Waals surface area contributed by atoms with Crippen LogP contribution in [0.1, 0.15) is 33.8 Å². The molecule has 0 N–H and O–H groups in total. The van der Waals surface area contributed by atoms with Crippen molar-refractivity contribution in [2.24, 2.45) is 0 Å². The maximum atomic E-state index is 2.25. The van der Waals surface area contributed by atoms with E-state index in [1.54, 1.807) is 8.87 Å². The first-order valence-corrected chi connectivity index (χ1v) is 5.87. The molecule has 0 aliphatic carbocycles. The van der Waals surface area contributed by atoms with E-state index in [0.29, 0.717) is 14.5 Å². The van der Waals surface area contributed by atoms with E-state index >= 15 is 0 Å². The third-order valence-electron chi connectivity index (χ3n) is 1.92. The molecule has 64 valence electrons. The second kappa shape index (κ2) is 4.79. The second-order valence-corrected chi connectivity index (χ2v) is 5.46. The minimum absolute atomic E-state index is 0.689. The predicted octanol–water partition coefficient (Wildman–Crippen LogP) is 3.00. The van der Waals surface area contributed by atoms with Gasteiger partial charge in [-0.2, -0.15) is 0 Å².